The van der Waals surface area contributed by atoms with Crippen molar-refractivity contribution in [3.8, 4) is 5.75 Å². The predicted molar refractivity (Wildman–Crippen MR) is 110 cm³/mol. The maximum absolute atomic E-state index is 13.2. The molecule has 1 saturated heterocycles. The molecule has 3 aromatic rings. The number of hydrogen-bond donors (Lipinski definition) is 1. The largest absolute Gasteiger partial charge is 0.490 e. The molecule has 0 bridgehead atoms. The van der Waals surface area contributed by atoms with Crippen LogP contribution in [0.4, 0.5) is 17.6 Å². The van der Waals surface area contributed by atoms with Gasteiger partial charge >= 0.3 is 12.1 Å². The second-order valence-electron chi connectivity index (χ2n) is 7.35. The molecule has 2 heterocycles. The van der Waals surface area contributed by atoms with Gasteiger partial charge in [0.25, 0.3) is 0 Å². The van der Waals surface area contributed by atoms with Crippen molar-refractivity contribution in [1.82, 2.24) is 14.7 Å². The first-order valence-corrected chi connectivity index (χ1v) is 10.1. The number of carboxylic acid groups (broad SMARTS) is 1. The number of aliphatic carboxylic acids is 1. The third-order valence-electron chi connectivity index (χ3n) is 5.06. The minimum absolute atomic E-state index is 0.170. The van der Waals surface area contributed by atoms with E-state index in [4.69, 9.17) is 14.6 Å². The summed E-state index contributed by atoms with van der Waals surface area (Å²) in [6, 6.07) is 14.7. The van der Waals surface area contributed by atoms with Gasteiger partial charge in [-0.15, -0.1) is 0 Å². The highest BCUT2D eigenvalue weighted by molar-refractivity contribution is 5.78. The average Bonchev–Trinajstić information content (AvgIpc) is 3.16. The van der Waals surface area contributed by atoms with Gasteiger partial charge < -0.3 is 14.7 Å². The van der Waals surface area contributed by atoms with Gasteiger partial charge in [0.2, 0.25) is 0 Å². The van der Waals surface area contributed by atoms with Crippen molar-refractivity contribution in [3.05, 3.63) is 60.5 Å². The smallest absolute Gasteiger partial charge is 0.490 e. The zero-order valence-corrected chi connectivity index (χ0v) is 17.1. The van der Waals surface area contributed by atoms with Crippen LogP contribution in [0.1, 0.15) is 12.8 Å². The van der Waals surface area contributed by atoms with Crippen molar-refractivity contribution < 1.29 is 32.2 Å². The van der Waals surface area contributed by atoms with E-state index in [1.54, 1.807) is 6.07 Å². The number of likely N-dealkylation sites (tertiary alicyclic amines) is 1. The number of halogens is 4. The third kappa shape index (κ3) is 6.68. The highest BCUT2D eigenvalue weighted by atomic mass is 19.4. The number of nitrogens with zero attached hydrogens (tertiary/aromatic N) is 3. The molecule has 0 spiro atoms. The molecule has 6 nitrogen and oxygen atoms in total. The molecule has 0 unspecified atom stereocenters. The lowest BCUT2D eigenvalue weighted by Crippen LogP contribution is -2.39. The predicted octanol–water partition coefficient (Wildman–Crippen LogP) is 4.35. The number of benzene rings is 2. The lowest BCUT2D eigenvalue weighted by atomic mass is 10.1. The third-order valence-corrected chi connectivity index (χ3v) is 5.06. The number of rotatable bonds is 5. The molecule has 0 saturated carbocycles. The first-order chi connectivity index (χ1) is 15.2. The van der Waals surface area contributed by atoms with E-state index in [1.807, 2.05) is 18.3 Å². The molecule has 1 fully saturated rings. The van der Waals surface area contributed by atoms with E-state index in [2.05, 4.69) is 32.9 Å². The van der Waals surface area contributed by atoms with Gasteiger partial charge in [0, 0.05) is 31.1 Å². The van der Waals surface area contributed by atoms with E-state index in [-0.39, 0.29) is 11.9 Å². The maximum atomic E-state index is 13.2. The molecule has 1 N–H and O–H groups in total. The van der Waals surface area contributed by atoms with Crippen LogP contribution >= 0.6 is 0 Å². The molecule has 2 aromatic carbocycles. The summed E-state index contributed by atoms with van der Waals surface area (Å²) in [7, 11) is 0. The number of alkyl halides is 3. The molecule has 0 aliphatic carbocycles. The molecule has 1 aliphatic heterocycles. The fourth-order valence-corrected chi connectivity index (χ4v) is 3.42. The molecule has 172 valence electrons. The fourth-order valence-electron chi connectivity index (χ4n) is 3.42. The van der Waals surface area contributed by atoms with E-state index in [1.165, 1.54) is 23.0 Å². The van der Waals surface area contributed by atoms with Crippen molar-refractivity contribution in [1.29, 1.82) is 0 Å². The Morgan fingerprint density at radius 2 is 1.78 bits per heavy atom. The van der Waals surface area contributed by atoms with Gasteiger partial charge in [-0.2, -0.15) is 18.3 Å². The quantitative estimate of drug-likeness (QED) is 0.582. The molecule has 4 rings (SSSR count). The summed E-state index contributed by atoms with van der Waals surface area (Å²) < 4.78 is 53.0. The standard InChI is InChI=1S/C20H22FN3O.C2HF3O2/c21-17-5-3-6-19(14-17)25-18-8-10-23(11-9-18)12-13-24-20-7-2-1-4-16(20)15-22-24;3-2(4,5)1(6)7/h1-7,14-15,18H,8-13H2;(H,6,7). The van der Waals surface area contributed by atoms with Crippen LogP contribution in [0.15, 0.2) is 54.7 Å². The normalized spacial score (nSPS) is 15.2. The Kier molecular flexibility index (Phi) is 7.68. The highest BCUT2D eigenvalue weighted by Crippen LogP contribution is 2.20. The van der Waals surface area contributed by atoms with Crippen LogP contribution < -0.4 is 4.74 Å². The molecule has 32 heavy (non-hydrogen) atoms. The lowest BCUT2D eigenvalue weighted by molar-refractivity contribution is -0.192. The summed E-state index contributed by atoms with van der Waals surface area (Å²) in [4.78, 5) is 11.3. The molecule has 1 aromatic heterocycles. The molecule has 0 amide bonds. The summed E-state index contributed by atoms with van der Waals surface area (Å²) >= 11 is 0. The minimum atomic E-state index is -5.08. The van der Waals surface area contributed by atoms with Crippen LogP contribution in [0.5, 0.6) is 5.75 Å². The summed E-state index contributed by atoms with van der Waals surface area (Å²) in [5.41, 5.74) is 1.19. The number of carboxylic acids is 1. The van der Waals surface area contributed by atoms with Crippen LogP contribution in [0.25, 0.3) is 10.9 Å². The lowest BCUT2D eigenvalue weighted by Gasteiger charge is -2.32. The van der Waals surface area contributed by atoms with Gasteiger partial charge in [0.15, 0.2) is 0 Å². The summed E-state index contributed by atoms with van der Waals surface area (Å²) in [5, 5.41) is 12.8. The highest BCUT2D eigenvalue weighted by Gasteiger charge is 2.38. The van der Waals surface area contributed by atoms with E-state index in [0.29, 0.717) is 5.75 Å². The van der Waals surface area contributed by atoms with E-state index >= 15 is 0 Å². The maximum Gasteiger partial charge on any atom is 0.490 e. The van der Waals surface area contributed by atoms with Crippen molar-refractivity contribution >= 4 is 16.9 Å². The van der Waals surface area contributed by atoms with Crippen LogP contribution in [0.3, 0.4) is 0 Å². The Balaban J connectivity index is 0.000000360. The molecule has 10 heteroatoms. The average molecular weight is 453 g/mol. The Hall–Kier alpha value is -3.14. The molecule has 0 radical (unpaired) electrons. The summed E-state index contributed by atoms with van der Waals surface area (Å²) in [5.74, 6) is -2.38. The van der Waals surface area contributed by atoms with Crippen molar-refractivity contribution in [2.24, 2.45) is 0 Å². The van der Waals surface area contributed by atoms with E-state index in [9.17, 15) is 17.6 Å². The zero-order chi connectivity index (χ0) is 23.1. The van der Waals surface area contributed by atoms with E-state index < -0.39 is 12.1 Å². The van der Waals surface area contributed by atoms with Gasteiger partial charge in [-0.05, 0) is 31.0 Å². The Morgan fingerprint density at radius 3 is 2.44 bits per heavy atom. The number of hydrogen-bond acceptors (Lipinski definition) is 4. The van der Waals surface area contributed by atoms with Gasteiger partial charge in [0.05, 0.1) is 18.3 Å². The Bertz CT molecular complexity index is 1030. The number of aromatic nitrogens is 2. The molecule has 0 atom stereocenters. The number of piperidine rings is 1. The van der Waals surface area contributed by atoms with E-state index in [0.717, 1.165) is 39.0 Å². The number of para-hydroxylation sites is 1. The number of ether oxygens (including phenoxy) is 1. The first kappa shape index (κ1) is 23.5. The topological polar surface area (TPSA) is 67.6 Å². The molecular weight excluding hydrogens is 430 g/mol. The van der Waals surface area contributed by atoms with Crippen molar-refractivity contribution in [2.75, 3.05) is 19.6 Å². The minimum Gasteiger partial charge on any atom is -0.490 e. The Labute approximate surface area is 182 Å². The van der Waals surface area contributed by atoms with Gasteiger partial charge in [-0.1, -0.05) is 24.3 Å². The molecule has 1 aliphatic rings. The number of fused-ring (bicyclic) bond motifs is 1. The monoisotopic (exact) mass is 453 g/mol. The van der Waals surface area contributed by atoms with Gasteiger partial charge in [-0.3, -0.25) is 4.68 Å². The second kappa shape index (κ2) is 10.4. The second-order valence-corrected chi connectivity index (χ2v) is 7.35. The van der Waals surface area contributed by atoms with Crippen molar-refractivity contribution in [3.63, 3.8) is 0 Å². The van der Waals surface area contributed by atoms with Crippen molar-refractivity contribution in [2.45, 2.75) is 31.7 Å². The molecular formula is C22H23F4N3O3. The fraction of sp³-hybridized carbons (Fsp3) is 0.364. The summed E-state index contributed by atoms with van der Waals surface area (Å²) in [6.45, 7) is 3.87. The Morgan fingerprint density at radius 1 is 1.09 bits per heavy atom. The SMILES string of the molecule is Fc1cccc(OC2CCN(CCn3ncc4ccccc43)CC2)c1.O=C(O)C(F)(F)F. The van der Waals surface area contributed by atoms with Gasteiger partial charge in [-0.25, -0.2) is 9.18 Å². The van der Waals surface area contributed by atoms with Crippen LogP contribution in [0.2, 0.25) is 0 Å². The number of carbonyl (C=O) groups is 1. The van der Waals surface area contributed by atoms with Gasteiger partial charge in [0.1, 0.15) is 17.7 Å². The van der Waals surface area contributed by atoms with Crippen LogP contribution in [0, 0.1) is 5.82 Å². The van der Waals surface area contributed by atoms with Crippen LogP contribution in [-0.2, 0) is 11.3 Å². The first-order valence-electron chi connectivity index (χ1n) is 10.1. The zero-order valence-electron chi connectivity index (χ0n) is 17.1. The van der Waals surface area contributed by atoms with Crippen LogP contribution in [-0.4, -0.2) is 57.7 Å². The summed E-state index contributed by atoms with van der Waals surface area (Å²) in [6.07, 6.45) is -1.05.